The van der Waals surface area contributed by atoms with Crippen LogP contribution in [0.25, 0.3) is 5.69 Å². The molecule has 3 N–H and O–H groups in total. The summed E-state index contributed by atoms with van der Waals surface area (Å²) < 4.78 is 1.54. The molecule has 1 aromatic carbocycles. The van der Waals surface area contributed by atoms with E-state index in [4.69, 9.17) is 5.73 Å². The summed E-state index contributed by atoms with van der Waals surface area (Å²) in [5.41, 5.74) is 5.95. The number of amides is 3. The topological polar surface area (TPSA) is 90.0 Å². The molecule has 1 aromatic heterocycles. The number of hydrogen-bond donors (Lipinski definition) is 2. The average Bonchev–Trinajstić information content (AvgIpc) is 2.78. The highest BCUT2D eigenvalue weighted by Gasteiger charge is 2.10. The third kappa shape index (κ3) is 2.49. The number of primary amides is 1. The number of nitrogens with two attached hydrogens (primary N) is 1. The molecule has 0 aliphatic rings. The number of imide groups is 1. The predicted octanol–water partition coefficient (Wildman–Crippen LogP) is 0.681. The minimum absolute atomic E-state index is 0.271. The number of hydrogen-bond acceptors (Lipinski definition) is 3. The second kappa shape index (κ2) is 4.48. The van der Waals surface area contributed by atoms with E-state index >= 15 is 0 Å². The summed E-state index contributed by atoms with van der Waals surface area (Å²) in [7, 11) is 0. The molecular formula is C11H10N4O2. The summed E-state index contributed by atoms with van der Waals surface area (Å²) in [5.74, 6) is -0.570. The van der Waals surface area contributed by atoms with Crippen molar-refractivity contribution in [1.29, 1.82) is 0 Å². The van der Waals surface area contributed by atoms with Crippen molar-refractivity contribution in [1.82, 2.24) is 15.1 Å². The molecule has 0 bridgehead atoms. The lowest BCUT2D eigenvalue weighted by Crippen LogP contribution is -2.34. The van der Waals surface area contributed by atoms with Crippen LogP contribution in [0.3, 0.4) is 0 Å². The minimum atomic E-state index is -0.887. The summed E-state index contributed by atoms with van der Waals surface area (Å²) in [5, 5.41) is 5.99. The molecule has 2 aromatic rings. The molecule has 2 rings (SSSR count). The number of carbonyl (C=O) groups is 2. The molecule has 6 heteroatoms. The number of aromatic nitrogens is 2. The number of urea groups is 1. The van der Waals surface area contributed by atoms with Crippen molar-refractivity contribution in [2.45, 2.75) is 0 Å². The van der Waals surface area contributed by atoms with Gasteiger partial charge in [-0.05, 0) is 12.1 Å². The Labute approximate surface area is 97.0 Å². The van der Waals surface area contributed by atoms with Gasteiger partial charge in [0.25, 0.3) is 5.91 Å². The molecule has 0 saturated carbocycles. The molecule has 0 atom stereocenters. The van der Waals surface area contributed by atoms with Crippen molar-refractivity contribution in [3.63, 3.8) is 0 Å². The summed E-state index contributed by atoms with van der Waals surface area (Å²) in [6.07, 6.45) is 2.89. The molecule has 0 unspecified atom stereocenters. The molecule has 6 nitrogen and oxygen atoms in total. The number of carbonyl (C=O) groups excluding carboxylic acids is 2. The third-order valence-electron chi connectivity index (χ3n) is 2.10. The lowest BCUT2D eigenvalue weighted by molar-refractivity contribution is 0.0966. The van der Waals surface area contributed by atoms with Crippen molar-refractivity contribution in [2.24, 2.45) is 5.73 Å². The zero-order valence-corrected chi connectivity index (χ0v) is 8.83. The van der Waals surface area contributed by atoms with Gasteiger partial charge in [-0.25, -0.2) is 9.48 Å². The highest BCUT2D eigenvalue weighted by atomic mass is 16.2. The molecule has 17 heavy (non-hydrogen) atoms. The normalized spacial score (nSPS) is 9.88. The third-order valence-corrected chi connectivity index (χ3v) is 2.10. The van der Waals surface area contributed by atoms with E-state index in [1.165, 1.54) is 17.1 Å². The van der Waals surface area contributed by atoms with E-state index < -0.39 is 11.9 Å². The van der Waals surface area contributed by atoms with Gasteiger partial charge in [-0.3, -0.25) is 10.1 Å². The van der Waals surface area contributed by atoms with E-state index in [-0.39, 0.29) is 5.56 Å². The average molecular weight is 230 g/mol. The first-order valence-corrected chi connectivity index (χ1v) is 4.87. The Balaban J connectivity index is 2.22. The van der Waals surface area contributed by atoms with E-state index in [1.54, 1.807) is 0 Å². The zero-order chi connectivity index (χ0) is 12.3. The fourth-order valence-electron chi connectivity index (χ4n) is 1.35. The van der Waals surface area contributed by atoms with Gasteiger partial charge in [0.1, 0.15) is 0 Å². The SMILES string of the molecule is NC(=O)NC(=O)c1cnn(-c2ccccc2)c1. The van der Waals surface area contributed by atoms with Crippen LogP contribution in [0, 0.1) is 0 Å². The van der Waals surface area contributed by atoms with Gasteiger partial charge in [0.2, 0.25) is 0 Å². The van der Waals surface area contributed by atoms with Gasteiger partial charge in [0.05, 0.1) is 17.4 Å². The number of benzene rings is 1. The summed E-state index contributed by atoms with van der Waals surface area (Å²) in [6, 6.07) is 8.42. The molecule has 86 valence electrons. The van der Waals surface area contributed by atoms with Gasteiger partial charge in [-0.1, -0.05) is 18.2 Å². The molecule has 0 fully saturated rings. The molecule has 3 amide bonds. The summed E-state index contributed by atoms with van der Waals surface area (Å²) in [4.78, 5) is 22.0. The molecule has 0 spiro atoms. The smallest absolute Gasteiger partial charge is 0.319 e. The maximum atomic E-state index is 11.4. The van der Waals surface area contributed by atoms with E-state index in [0.717, 1.165) is 5.69 Å². The van der Waals surface area contributed by atoms with Gasteiger partial charge in [0, 0.05) is 6.20 Å². The predicted molar refractivity (Wildman–Crippen MR) is 60.6 cm³/mol. The Morgan fingerprint density at radius 1 is 1.24 bits per heavy atom. The van der Waals surface area contributed by atoms with Gasteiger partial charge in [-0.15, -0.1) is 0 Å². The standard InChI is InChI=1S/C11H10N4O2/c12-11(17)14-10(16)8-6-13-15(7-8)9-4-2-1-3-5-9/h1-7H,(H3,12,14,16,17). The van der Waals surface area contributed by atoms with Crippen LogP contribution in [0.15, 0.2) is 42.7 Å². The Hall–Kier alpha value is -2.63. The number of rotatable bonds is 2. The van der Waals surface area contributed by atoms with Gasteiger partial charge >= 0.3 is 6.03 Å². The number of para-hydroxylation sites is 1. The van der Waals surface area contributed by atoms with Crippen LogP contribution < -0.4 is 11.1 Å². The van der Waals surface area contributed by atoms with E-state index in [0.29, 0.717) is 0 Å². The monoisotopic (exact) mass is 230 g/mol. The second-order valence-electron chi connectivity index (χ2n) is 3.33. The molecule has 0 aliphatic carbocycles. The quantitative estimate of drug-likeness (QED) is 0.794. The lowest BCUT2D eigenvalue weighted by Gasteiger charge is -1.99. The van der Waals surface area contributed by atoms with Crippen molar-refractivity contribution < 1.29 is 9.59 Å². The van der Waals surface area contributed by atoms with Crippen LogP contribution in [-0.2, 0) is 0 Å². The molecule has 1 heterocycles. The second-order valence-corrected chi connectivity index (χ2v) is 3.33. The highest BCUT2D eigenvalue weighted by molar-refractivity contribution is 6.03. The molecular weight excluding hydrogens is 220 g/mol. The van der Waals surface area contributed by atoms with Gasteiger partial charge in [0.15, 0.2) is 0 Å². The molecule has 0 radical (unpaired) electrons. The Bertz CT molecular complexity index is 548. The van der Waals surface area contributed by atoms with Crippen molar-refractivity contribution in [2.75, 3.05) is 0 Å². The lowest BCUT2D eigenvalue weighted by atomic mass is 10.3. The van der Waals surface area contributed by atoms with Crippen LogP contribution in [0.2, 0.25) is 0 Å². The van der Waals surface area contributed by atoms with Gasteiger partial charge in [-0.2, -0.15) is 5.10 Å². The Kier molecular flexibility index (Phi) is 2.87. The van der Waals surface area contributed by atoms with Crippen LogP contribution in [0.4, 0.5) is 4.79 Å². The molecule has 0 saturated heterocycles. The van der Waals surface area contributed by atoms with Crippen LogP contribution in [0.1, 0.15) is 10.4 Å². The van der Waals surface area contributed by atoms with Crippen molar-refractivity contribution >= 4 is 11.9 Å². The van der Waals surface area contributed by atoms with Crippen molar-refractivity contribution in [3.8, 4) is 5.69 Å². The van der Waals surface area contributed by atoms with E-state index in [9.17, 15) is 9.59 Å². The first-order valence-electron chi connectivity index (χ1n) is 4.87. The summed E-state index contributed by atoms with van der Waals surface area (Å²) in [6.45, 7) is 0. The minimum Gasteiger partial charge on any atom is -0.351 e. The van der Waals surface area contributed by atoms with Crippen LogP contribution in [-0.4, -0.2) is 21.7 Å². The maximum absolute atomic E-state index is 11.4. The molecule has 0 aliphatic heterocycles. The fourth-order valence-corrected chi connectivity index (χ4v) is 1.35. The van der Waals surface area contributed by atoms with Crippen molar-refractivity contribution in [3.05, 3.63) is 48.3 Å². The van der Waals surface area contributed by atoms with E-state index in [1.807, 2.05) is 35.6 Å². The fraction of sp³-hybridized carbons (Fsp3) is 0. The van der Waals surface area contributed by atoms with Gasteiger partial charge < -0.3 is 5.73 Å². The first-order chi connectivity index (χ1) is 8.16. The van der Waals surface area contributed by atoms with E-state index in [2.05, 4.69) is 5.10 Å². The highest BCUT2D eigenvalue weighted by Crippen LogP contribution is 2.07. The first kappa shape index (κ1) is 10.9. The largest absolute Gasteiger partial charge is 0.351 e. The maximum Gasteiger partial charge on any atom is 0.319 e. The number of nitrogens with one attached hydrogen (secondary N) is 1. The summed E-state index contributed by atoms with van der Waals surface area (Å²) >= 11 is 0. The van der Waals surface area contributed by atoms with Crippen LogP contribution >= 0.6 is 0 Å². The Morgan fingerprint density at radius 3 is 2.59 bits per heavy atom. The Morgan fingerprint density at radius 2 is 1.94 bits per heavy atom. The van der Waals surface area contributed by atoms with Crippen LogP contribution in [0.5, 0.6) is 0 Å². The number of nitrogens with zero attached hydrogens (tertiary/aromatic N) is 2. The zero-order valence-electron chi connectivity index (χ0n) is 8.83.